The van der Waals surface area contributed by atoms with Gasteiger partial charge in [0.1, 0.15) is 5.75 Å². The van der Waals surface area contributed by atoms with Crippen molar-refractivity contribution in [3.8, 4) is 5.75 Å². The molecular weight excluding hydrogens is 336 g/mol. The minimum atomic E-state index is 0.655. The first-order valence-corrected chi connectivity index (χ1v) is 9.26. The molecule has 0 N–H and O–H groups in total. The summed E-state index contributed by atoms with van der Waals surface area (Å²) >= 11 is 5.96. The Kier molecular flexibility index (Phi) is 6.34. The lowest BCUT2D eigenvalue weighted by Gasteiger charge is -2.32. The van der Waals surface area contributed by atoms with Gasteiger partial charge in [-0.25, -0.2) is 0 Å². The summed E-state index contributed by atoms with van der Waals surface area (Å²) in [5, 5.41) is 4.92. The molecule has 0 unspecified atom stereocenters. The summed E-state index contributed by atoms with van der Waals surface area (Å²) in [6.45, 7) is 6.57. The molecule has 1 aromatic heterocycles. The van der Waals surface area contributed by atoms with Gasteiger partial charge in [0.25, 0.3) is 0 Å². The number of nitrogens with zero attached hydrogens (tertiary/aromatic N) is 4. The number of hydrogen-bond donors (Lipinski definition) is 0. The summed E-state index contributed by atoms with van der Waals surface area (Å²) in [5.74, 6) is 0.898. The maximum Gasteiger partial charge on any atom is 0.123 e. The summed E-state index contributed by atoms with van der Waals surface area (Å²) in [6, 6.07) is 6.46. The third-order valence-corrected chi connectivity index (χ3v) is 5.01. The van der Waals surface area contributed by atoms with E-state index in [1.54, 1.807) is 13.3 Å². The van der Waals surface area contributed by atoms with Crippen LogP contribution in [0.3, 0.4) is 0 Å². The maximum absolute atomic E-state index is 5.96. The molecule has 1 aromatic carbocycles. The van der Waals surface area contributed by atoms with Gasteiger partial charge in [-0.15, -0.1) is 0 Å². The second-order valence-corrected chi connectivity index (χ2v) is 7.19. The van der Waals surface area contributed by atoms with Crippen molar-refractivity contribution >= 4 is 11.6 Å². The summed E-state index contributed by atoms with van der Waals surface area (Å²) in [5.41, 5.74) is 2.49. The molecule has 2 heterocycles. The SMILES string of the molecule is COc1ccc(CCCN2CCN(C)CC2)cc1Cn1cc(Cl)cn1. The number of halogens is 1. The zero-order valence-electron chi connectivity index (χ0n) is 15.1. The van der Waals surface area contributed by atoms with Crippen LogP contribution in [0, 0.1) is 0 Å². The monoisotopic (exact) mass is 362 g/mol. The summed E-state index contributed by atoms with van der Waals surface area (Å²) in [6.07, 6.45) is 5.77. The van der Waals surface area contributed by atoms with Crippen molar-refractivity contribution in [2.75, 3.05) is 46.9 Å². The van der Waals surface area contributed by atoms with Crippen molar-refractivity contribution in [3.63, 3.8) is 0 Å². The van der Waals surface area contributed by atoms with E-state index in [-0.39, 0.29) is 0 Å². The zero-order chi connectivity index (χ0) is 17.6. The molecule has 0 atom stereocenters. The van der Waals surface area contributed by atoms with E-state index in [9.17, 15) is 0 Å². The van der Waals surface area contributed by atoms with E-state index in [0.29, 0.717) is 11.6 Å². The molecule has 1 aliphatic heterocycles. The Morgan fingerprint density at radius 1 is 1.20 bits per heavy atom. The van der Waals surface area contributed by atoms with E-state index in [0.717, 1.165) is 17.7 Å². The average Bonchev–Trinajstić information content (AvgIpc) is 3.02. The Morgan fingerprint density at radius 3 is 2.68 bits per heavy atom. The second-order valence-electron chi connectivity index (χ2n) is 6.75. The Hall–Kier alpha value is -1.56. The van der Waals surface area contributed by atoms with Crippen LogP contribution in [0.5, 0.6) is 5.75 Å². The molecule has 6 heteroatoms. The van der Waals surface area contributed by atoms with Crippen LogP contribution in [0.15, 0.2) is 30.6 Å². The van der Waals surface area contributed by atoms with Crippen molar-refractivity contribution < 1.29 is 4.74 Å². The van der Waals surface area contributed by atoms with Crippen LogP contribution in [0.25, 0.3) is 0 Å². The lowest BCUT2D eigenvalue weighted by atomic mass is 10.0. The molecule has 0 radical (unpaired) electrons. The molecule has 5 nitrogen and oxygen atoms in total. The topological polar surface area (TPSA) is 33.5 Å². The number of ether oxygens (including phenoxy) is 1. The third-order valence-electron chi connectivity index (χ3n) is 4.81. The predicted octanol–water partition coefficient (Wildman–Crippen LogP) is 2.77. The highest BCUT2D eigenvalue weighted by atomic mass is 35.5. The molecule has 0 amide bonds. The van der Waals surface area contributed by atoms with E-state index in [1.165, 1.54) is 44.7 Å². The van der Waals surface area contributed by atoms with Crippen molar-refractivity contribution in [1.29, 1.82) is 0 Å². The number of rotatable bonds is 7. The number of methoxy groups -OCH3 is 1. The van der Waals surface area contributed by atoms with Gasteiger partial charge >= 0.3 is 0 Å². The van der Waals surface area contributed by atoms with Gasteiger partial charge in [0.05, 0.1) is 24.9 Å². The second kappa shape index (κ2) is 8.70. The fraction of sp³-hybridized carbons (Fsp3) is 0.526. The van der Waals surface area contributed by atoms with E-state index in [4.69, 9.17) is 16.3 Å². The van der Waals surface area contributed by atoms with Crippen LogP contribution in [-0.2, 0) is 13.0 Å². The largest absolute Gasteiger partial charge is 0.496 e. The first kappa shape index (κ1) is 18.2. The number of hydrogen-bond acceptors (Lipinski definition) is 4. The van der Waals surface area contributed by atoms with E-state index < -0.39 is 0 Å². The Morgan fingerprint density at radius 2 is 2.00 bits per heavy atom. The Labute approximate surface area is 155 Å². The molecular formula is C19H27ClN4O. The van der Waals surface area contributed by atoms with Gasteiger partial charge in [0.15, 0.2) is 0 Å². The highest BCUT2D eigenvalue weighted by Crippen LogP contribution is 2.22. The van der Waals surface area contributed by atoms with Crippen molar-refractivity contribution in [1.82, 2.24) is 19.6 Å². The van der Waals surface area contributed by atoms with Crippen LogP contribution in [0.4, 0.5) is 0 Å². The molecule has 2 aromatic rings. The molecule has 3 rings (SSSR count). The molecule has 0 bridgehead atoms. The molecule has 0 saturated carbocycles. The highest BCUT2D eigenvalue weighted by molar-refractivity contribution is 6.30. The first-order chi connectivity index (χ1) is 12.1. The van der Waals surface area contributed by atoms with Crippen molar-refractivity contribution in [2.24, 2.45) is 0 Å². The van der Waals surface area contributed by atoms with Crippen LogP contribution < -0.4 is 4.74 Å². The molecule has 1 saturated heterocycles. The number of aromatic nitrogens is 2. The standard InChI is InChI=1S/C19H27ClN4O/c1-22-8-10-23(11-9-22)7-3-4-16-5-6-19(25-2)17(12-16)14-24-15-18(20)13-21-24/h5-6,12-13,15H,3-4,7-11,14H2,1-2H3. The van der Waals surface area contributed by atoms with Gasteiger partial charge in [0.2, 0.25) is 0 Å². The van der Waals surface area contributed by atoms with Crippen LogP contribution >= 0.6 is 11.6 Å². The van der Waals surface area contributed by atoms with Gasteiger partial charge in [-0.3, -0.25) is 4.68 Å². The van der Waals surface area contributed by atoms with Gasteiger partial charge in [-0.2, -0.15) is 5.10 Å². The van der Waals surface area contributed by atoms with E-state index >= 15 is 0 Å². The molecule has 1 fully saturated rings. The molecule has 0 spiro atoms. The van der Waals surface area contributed by atoms with Crippen LogP contribution in [0.2, 0.25) is 5.02 Å². The quantitative estimate of drug-likeness (QED) is 0.758. The van der Waals surface area contributed by atoms with Crippen molar-refractivity contribution in [3.05, 3.63) is 46.7 Å². The highest BCUT2D eigenvalue weighted by Gasteiger charge is 2.13. The van der Waals surface area contributed by atoms with Gasteiger partial charge in [-0.1, -0.05) is 23.7 Å². The lowest BCUT2D eigenvalue weighted by Crippen LogP contribution is -2.44. The third kappa shape index (κ3) is 5.21. The Balaban J connectivity index is 1.57. The summed E-state index contributed by atoms with van der Waals surface area (Å²) in [4.78, 5) is 4.96. The van der Waals surface area contributed by atoms with Crippen molar-refractivity contribution in [2.45, 2.75) is 19.4 Å². The maximum atomic E-state index is 5.96. The van der Waals surface area contributed by atoms with Gasteiger partial charge in [-0.05, 0) is 38.1 Å². The minimum absolute atomic E-state index is 0.655. The number of aryl methyl sites for hydroxylation is 1. The number of likely N-dealkylation sites (N-methyl/N-ethyl adjacent to an activating group) is 1. The van der Waals surface area contributed by atoms with Crippen LogP contribution in [0.1, 0.15) is 17.5 Å². The average molecular weight is 363 g/mol. The number of benzene rings is 1. The lowest BCUT2D eigenvalue weighted by molar-refractivity contribution is 0.153. The molecule has 136 valence electrons. The molecule has 0 aliphatic carbocycles. The smallest absolute Gasteiger partial charge is 0.123 e. The fourth-order valence-corrected chi connectivity index (χ4v) is 3.44. The zero-order valence-corrected chi connectivity index (χ0v) is 15.9. The van der Waals surface area contributed by atoms with E-state index in [1.807, 2.05) is 10.9 Å². The number of piperazine rings is 1. The Bertz CT molecular complexity index is 680. The normalized spacial score (nSPS) is 16.3. The van der Waals surface area contributed by atoms with Gasteiger partial charge < -0.3 is 14.5 Å². The summed E-state index contributed by atoms with van der Waals surface area (Å²) < 4.78 is 7.34. The predicted molar refractivity (Wildman–Crippen MR) is 102 cm³/mol. The fourth-order valence-electron chi connectivity index (χ4n) is 3.29. The molecule has 25 heavy (non-hydrogen) atoms. The minimum Gasteiger partial charge on any atom is -0.496 e. The first-order valence-electron chi connectivity index (χ1n) is 8.88. The van der Waals surface area contributed by atoms with Crippen LogP contribution in [-0.4, -0.2) is 66.5 Å². The van der Waals surface area contributed by atoms with Gasteiger partial charge in [0, 0.05) is 37.9 Å². The summed E-state index contributed by atoms with van der Waals surface area (Å²) in [7, 11) is 3.91. The van der Waals surface area contributed by atoms with E-state index in [2.05, 4.69) is 40.1 Å². The molecule has 1 aliphatic rings.